The van der Waals surface area contributed by atoms with E-state index in [1.165, 1.54) is 36.8 Å². The summed E-state index contributed by atoms with van der Waals surface area (Å²) in [6, 6.07) is 0. The molecule has 0 saturated heterocycles. The second kappa shape index (κ2) is 4.97. The topological polar surface area (TPSA) is 0 Å². The van der Waals surface area contributed by atoms with Gasteiger partial charge in [0.1, 0.15) is 0 Å². The molecular weight excluding hydrogens is 144 g/mol. The van der Waals surface area contributed by atoms with E-state index in [2.05, 4.69) is 38.2 Å². The molecule has 0 heterocycles. The lowest BCUT2D eigenvalue weighted by Crippen LogP contribution is -1.81. The minimum atomic E-state index is 1.23. The Bertz CT molecular complexity index is 216. The lowest BCUT2D eigenvalue weighted by Gasteiger charge is -2.01. The zero-order valence-electron chi connectivity index (χ0n) is 8.14. The summed E-state index contributed by atoms with van der Waals surface area (Å²) in [5.74, 6) is 0. The predicted molar refractivity (Wildman–Crippen MR) is 55.1 cm³/mol. The van der Waals surface area contributed by atoms with Gasteiger partial charge in [0.15, 0.2) is 0 Å². The highest BCUT2D eigenvalue weighted by molar-refractivity contribution is 5.23. The van der Waals surface area contributed by atoms with Crippen molar-refractivity contribution in [1.29, 1.82) is 0 Å². The zero-order valence-corrected chi connectivity index (χ0v) is 8.14. The van der Waals surface area contributed by atoms with Gasteiger partial charge in [0.2, 0.25) is 0 Å². The van der Waals surface area contributed by atoms with Crippen molar-refractivity contribution in [2.24, 2.45) is 0 Å². The van der Waals surface area contributed by atoms with Gasteiger partial charge in [-0.15, -0.1) is 0 Å². The second-order valence-electron chi connectivity index (χ2n) is 3.57. The molecule has 0 spiro atoms. The molecule has 0 bridgehead atoms. The van der Waals surface area contributed by atoms with E-state index in [0.29, 0.717) is 0 Å². The summed E-state index contributed by atoms with van der Waals surface area (Å²) in [5.41, 5.74) is 2.86. The minimum absolute atomic E-state index is 1.23. The van der Waals surface area contributed by atoms with Crippen LogP contribution in [0.2, 0.25) is 0 Å². The van der Waals surface area contributed by atoms with E-state index in [1.807, 2.05) is 0 Å². The summed E-state index contributed by atoms with van der Waals surface area (Å²) < 4.78 is 0. The van der Waals surface area contributed by atoms with Gasteiger partial charge in [0, 0.05) is 0 Å². The third-order valence-electron chi connectivity index (χ3n) is 2.20. The fraction of sp³-hybridized carbons (Fsp3) is 0.500. The van der Waals surface area contributed by atoms with E-state index >= 15 is 0 Å². The van der Waals surface area contributed by atoms with Gasteiger partial charge in [0.25, 0.3) is 0 Å². The van der Waals surface area contributed by atoms with Gasteiger partial charge >= 0.3 is 0 Å². The SMILES string of the molecule is CC1=C/C=C(\C)CCCC\C=C\1. The Morgan fingerprint density at radius 3 is 2.75 bits per heavy atom. The van der Waals surface area contributed by atoms with Crippen molar-refractivity contribution in [2.45, 2.75) is 39.5 Å². The maximum atomic E-state index is 2.28. The van der Waals surface area contributed by atoms with Crippen LogP contribution < -0.4 is 0 Å². The molecule has 0 atom stereocenters. The van der Waals surface area contributed by atoms with Crippen molar-refractivity contribution >= 4 is 0 Å². The van der Waals surface area contributed by atoms with Crippen LogP contribution in [0.1, 0.15) is 39.5 Å². The Morgan fingerprint density at radius 2 is 1.92 bits per heavy atom. The standard InChI is InChI=1S/C12H18/c1-11-7-5-3-4-6-8-12(2)10-9-11/h5,7,9-10H,3-4,6,8H2,1-2H3/b7-5+,11-9-,12-10+. The molecule has 0 aromatic carbocycles. The summed E-state index contributed by atoms with van der Waals surface area (Å²) in [7, 11) is 0. The van der Waals surface area contributed by atoms with Crippen molar-refractivity contribution in [2.75, 3.05) is 0 Å². The van der Waals surface area contributed by atoms with E-state index in [1.54, 1.807) is 0 Å². The highest BCUT2D eigenvalue weighted by Crippen LogP contribution is 2.11. The highest BCUT2D eigenvalue weighted by Gasteiger charge is 1.91. The molecule has 0 unspecified atom stereocenters. The van der Waals surface area contributed by atoms with Crippen LogP contribution in [0.15, 0.2) is 35.5 Å². The first-order chi connectivity index (χ1) is 5.79. The lowest BCUT2D eigenvalue weighted by atomic mass is 10.1. The van der Waals surface area contributed by atoms with Crippen LogP contribution in [0.4, 0.5) is 0 Å². The molecule has 0 saturated carbocycles. The van der Waals surface area contributed by atoms with Crippen LogP contribution in [0.25, 0.3) is 0 Å². The fourth-order valence-corrected chi connectivity index (χ4v) is 1.35. The molecule has 66 valence electrons. The van der Waals surface area contributed by atoms with Gasteiger partial charge in [-0.05, 0) is 39.5 Å². The van der Waals surface area contributed by atoms with E-state index in [4.69, 9.17) is 0 Å². The summed E-state index contributed by atoms with van der Waals surface area (Å²) in [6.45, 7) is 4.37. The Hall–Kier alpha value is -0.780. The van der Waals surface area contributed by atoms with Crippen molar-refractivity contribution in [3.05, 3.63) is 35.5 Å². The largest absolute Gasteiger partial charge is 0.0843 e. The van der Waals surface area contributed by atoms with Crippen molar-refractivity contribution in [1.82, 2.24) is 0 Å². The van der Waals surface area contributed by atoms with Crippen LogP contribution in [0.5, 0.6) is 0 Å². The van der Waals surface area contributed by atoms with Gasteiger partial charge in [-0.2, -0.15) is 0 Å². The van der Waals surface area contributed by atoms with Gasteiger partial charge in [-0.25, -0.2) is 0 Å². The Morgan fingerprint density at radius 1 is 1.08 bits per heavy atom. The van der Waals surface area contributed by atoms with E-state index in [-0.39, 0.29) is 0 Å². The molecule has 0 nitrogen and oxygen atoms in total. The average molecular weight is 162 g/mol. The second-order valence-corrected chi connectivity index (χ2v) is 3.57. The van der Waals surface area contributed by atoms with E-state index in [0.717, 1.165) is 0 Å². The van der Waals surface area contributed by atoms with Crippen molar-refractivity contribution in [3.8, 4) is 0 Å². The summed E-state index contributed by atoms with van der Waals surface area (Å²) in [6.07, 6.45) is 14.1. The lowest BCUT2D eigenvalue weighted by molar-refractivity contribution is 0.741. The highest BCUT2D eigenvalue weighted by atomic mass is 14.0. The minimum Gasteiger partial charge on any atom is -0.0843 e. The molecule has 12 heavy (non-hydrogen) atoms. The summed E-state index contributed by atoms with van der Waals surface area (Å²) >= 11 is 0. The quantitative estimate of drug-likeness (QED) is 0.505. The molecule has 0 fully saturated rings. The number of rotatable bonds is 0. The van der Waals surface area contributed by atoms with Crippen LogP contribution in [0.3, 0.4) is 0 Å². The fourth-order valence-electron chi connectivity index (χ4n) is 1.35. The monoisotopic (exact) mass is 162 g/mol. The first kappa shape index (κ1) is 9.31. The van der Waals surface area contributed by atoms with Gasteiger partial charge < -0.3 is 0 Å². The first-order valence-electron chi connectivity index (χ1n) is 4.79. The molecule has 0 N–H and O–H groups in total. The Kier molecular flexibility index (Phi) is 3.86. The third kappa shape index (κ3) is 3.56. The molecular formula is C12H18. The predicted octanol–water partition coefficient (Wildman–Crippen LogP) is 4.01. The molecule has 1 aliphatic carbocycles. The molecule has 0 heteroatoms. The van der Waals surface area contributed by atoms with Crippen molar-refractivity contribution in [3.63, 3.8) is 0 Å². The van der Waals surface area contributed by atoms with Crippen LogP contribution in [0, 0.1) is 0 Å². The molecule has 0 aliphatic heterocycles. The van der Waals surface area contributed by atoms with Crippen molar-refractivity contribution < 1.29 is 0 Å². The normalized spacial score (nSPS) is 31.2. The molecule has 1 rings (SSSR count). The number of allylic oxidation sites excluding steroid dienone is 6. The van der Waals surface area contributed by atoms with Gasteiger partial charge in [-0.3, -0.25) is 0 Å². The first-order valence-corrected chi connectivity index (χ1v) is 4.79. The average Bonchev–Trinajstić information content (AvgIpc) is 2.07. The van der Waals surface area contributed by atoms with Gasteiger partial charge in [0.05, 0.1) is 0 Å². The smallest absolute Gasteiger partial charge is 0.0320 e. The van der Waals surface area contributed by atoms with Crippen LogP contribution >= 0.6 is 0 Å². The molecule has 1 aliphatic rings. The zero-order chi connectivity index (χ0) is 8.81. The maximum Gasteiger partial charge on any atom is -0.0320 e. The van der Waals surface area contributed by atoms with E-state index < -0.39 is 0 Å². The Labute approximate surface area is 75.7 Å². The Balaban J connectivity index is 2.67. The third-order valence-corrected chi connectivity index (χ3v) is 2.20. The molecule has 0 radical (unpaired) electrons. The van der Waals surface area contributed by atoms with Gasteiger partial charge in [-0.1, -0.05) is 35.5 Å². The number of hydrogen-bond donors (Lipinski definition) is 0. The van der Waals surface area contributed by atoms with E-state index in [9.17, 15) is 0 Å². The summed E-state index contributed by atoms with van der Waals surface area (Å²) in [4.78, 5) is 0. The number of hydrogen-bond acceptors (Lipinski definition) is 0. The maximum absolute atomic E-state index is 2.28. The summed E-state index contributed by atoms with van der Waals surface area (Å²) in [5, 5.41) is 0. The molecule has 0 aromatic rings. The van der Waals surface area contributed by atoms with Crippen LogP contribution in [-0.4, -0.2) is 0 Å². The molecule has 0 aromatic heterocycles. The van der Waals surface area contributed by atoms with Crippen LogP contribution in [-0.2, 0) is 0 Å². The molecule has 0 amide bonds.